The normalized spacial score (nSPS) is 13.4. The van der Waals surface area contributed by atoms with Gasteiger partial charge in [-0.15, -0.1) is 0 Å². The number of carbonyl (C=O) groups excluding carboxylic acids is 3. The fourth-order valence-electron chi connectivity index (χ4n) is 4.18. The quantitative estimate of drug-likeness (QED) is 0.464. The van der Waals surface area contributed by atoms with Crippen LogP contribution in [0.3, 0.4) is 0 Å². The number of nitrogens with one attached hydrogen (secondary N) is 1. The predicted octanol–water partition coefficient (Wildman–Crippen LogP) is 4.75. The molecule has 3 aromatic rings. The number of halogens is 1. The highest BCUT2D eigenvalue weighted by molar-refractivity contribution is 9.10. The van der Waals surface area contributed by atoms with Crippen molar-refractivity contribution in [1.82, 2.24) is 10.2 Å². The Morgan fingerprint density at radius 2 is 1.68 bits per heavy atom. The van der Waals surface area contributed by atoms with Crippen molar-refractivity contribution in [2.45, 2.75) is 33.4 Å². The smallest absolute Gasteiger partial charge is 0.259 e. The van der Waals surface area contributed by atoms with E-state index in [2.05, 4.69) is 21.2 Å². The summed E-state index contributed by atoms with van der Waals surface area (Å²) in [6.07, 6.45) is 0. The van der Waals surface area contributed by atoms with Gasteiger partial charge in [0.1, 0.15) is 12.6 Å². The largest absolute Gasteiger partial charge is 0.354 e. The summed E-state index contributed by atoms with van der Waals surface area (Å²) in [7, 11) is 0. The number of amides is 3. The van der Waals surface area contributed by atoms with E-state index in [9.17, 15) is 14.4 Å². The van der Waals surface area contributed by atoms with E-state index >= 15 is 0 Å². The molecule has 3 amide bonds. The van der Waals surface area contributed by atoms with E-state index in [0.717, 1.165) is 26.5 Å². The lowest BCUT2D eigenvalue weighted by molar-refractivity contribution is -0.139. The number of rotatable bonds is 8. The topological polar surface area (TPSA) is 69.7 Å². The molecule has 3 aromatic carbocycles. The highest BCUT2D eigenvalue weighted by Gasteiger charge is 2.34. The van der Waals surface area contributed by atoms with Gasteiger partial charge in [-0.2, -0.15) is 0 Å². The highest BCUT2D eigenvalue weighted by atomic mass is 79.9. The van der Waals surface area contributed by atoms with E-state index < -0.39 is 6.04 Å². The van der Waals surface area contributed by atoms with Crippen LogP contribution in [0.25, 0.3) is 10.8 Å². The second-order valence-electron chi connectivity index (χ2n) is 9.04. The second-order valence-corrected chi connectivity index (χ2v) is 9.95. The van der Waals surface area contributed by atoms with Gasteiger partial charge in [-0.05, 0) is 48.1 Å². The third-order valence-corrected chi connectivity index (χ3v) is 6.59. The molecule has 176 valence electrons. The summed E-state index contributed by atoms with van der Waals surface area (Å²) in [4.78, 5) is 42.7. The van der Waals surface area contributed by atoms with Gasteiger partial charge in [0, 0.05) is 28.5 Å². The minimum atomic E-state index is -0.689. The first-order chi connectivity index (χ1) is 16.3. The van der Waals surface area contributed by atoms with Crippen LogP contribution in [0.1, 0.15) is 36.7 Å². The molecule has 0 unspecified atom stereocenters. The maximum absolute atomic E-state index is 13.6. The number of carbonyl (C=O) groups is 3. The summed E-state index contributed by atoms with van der Waals surface area (Å²) in [5.41, 5.74) is 2.23. The Bertz CT molecular complexity index is 1230. The van der Waals surface area contributed by atoms with E-state index in [4.69, 9.17) is 0 Å². The van der Waals surface area contributed by atoms with Gasteiger partial charge in [0.2, 0.25) is 11.8 Å². The number of hydrogen-bond donors (Lipinski definition) is 1. The molecule has 6 nitrogen and oxygen atoms in total. The summed E-state index contributed by atoms with van der Waals surface area (Å²) in [6.45, 7) is 6.44. The third-order valence-electron chi connectivity index (χ3n) is 6.06. The van der Waals surface area contributed by atoms with Crippen LogP contribution in [0.15, 0.2) is 65.1 Å². The Balaban J connectivity index is 1.60. The van der Waals surface area contributed by atoms with Crippen molar-refractivity contribution >= 4 is 50.1 Å². The SMILES string of the molecule is CC(C)CNC(=O)[C@@H](C)N(Cc1ccc(Br)cc1)C(=O)CN1C(=O)c2cccc3cccc1c23. The zero-order valence-corrected chi connectivity index (χ0v) is 21.1. The van der Waals surface area contributed by atoms with Crippen molar-refractivity contribution in [3.05, 3.63) is 76.3 Å². The molecule has 7 heteroatoms. The fraction of sp³-hybridized carbons (Fsp3) is 0.296. The molecule has 0 aliphatic carbocycles. The Kier molecular flexibility index (Phi) is 7.03. The van der Waals surface area contributed by atoms with Crippen LogP contribution in [-0.2, 0) is 16.1 Å². The summed E-state index contributed by atoms with van der Waals surface area (Å²) in [5.74, 6) is -0.390. The van der Waals surface area contributed by atoms with Crippen LogP contribution >= 0.6 is 15.9 Å². The molecule has 34 heavy (non-hydrogen) atoms. The van der Waals surface area contributed by atoms with Crippen molar-refractivity contribution in [3.8, 4) is 0 Å². The first-order valence-corrected chi connectivity index (χ1v) is 12.2. The lowest BCUT2D eigenvalue weighted by Gasteiger charge is -2.31. The fourth-order valence-corrected chi connectivity index (χ4v) is 4.45. The van der Waals surface area contributed by atoms with Crippen molar-refractivity contribution in [1.29, 1.82) is 0 Å². The molecular formula is C27H28BrN3O3. The zero-order chi connectivity index (χ0) is 24.4. The Morgan fingerprint density at radius 1 is 1.00 bits per heavy atom. The van der Waals surface area contributed by atoms with E-state index in [1.807, 2.05) is 68.4 Å². The molecule has 1 atom stereocenters. The van der Waals surface area contributed by atoms with Gasteiger partial charge in [0.15, 0.2) is 0 Å². The zero-order valence-electron chi connectivity index (χ0n) is 19.5. The maximum Gasteiger partial charge on any atom is 0.259 e. The van der Waals surface area contributed by atoms with Gasteiger partial charge >= 0.3 is 0 Å². The Hall–Kier alpha value is -3.19. The van der Waals surface area contributed by atoms with Gasteiger partial charge in [-0.3, -0.25) is 19.3 Å². The van der Waals surface area contributed by atoms with Gasteiger partial charge in [-0.25, -0.2) is 0 Å². The van der Waals surface area contributed by atoms with Crippen molar-refractivity contribution in [3.63, 3.8) is 0 Å². The van der Waals surface area contributed by atoms with Crippen molar-refractivity contribution < 1.29 is 14.4 Å². The first-order valence-electron chi connectivity index (χ1n) is 11.4. The lowest BCUT2D eigenvalue weighted by atomic mass is 10.1. The van der Waals surface area contributed by atoms with E-state index in [-0.39, 0.29) is 30.8 Å². The molecule has 0 spiro atoms. The van der Waals surface area contributed by atoms with Gasteiger partial charge in [0.05, 0.1) is 5.69 Å². The highest BCUT2D eigenvalue weighted by Crippen LogP contribution is 2.37. The molecule has 1 heterocycles. The van der Waals surface area contributed by atoms with Crippen LogP contribution in [0.5, 0.6) is 0 Å². The van der Waals surface area contributed by atoms with E-state index in [1.165, 1.54) is 4.90 Å². The van der Waals surface area contributed by atoms with Crippen LogP contribution in [0.4, 0.5) is 5.69 Å². The monoisotopic (exact) mass is 521 g/mol. The van der Waals surface area contributed by atoms with Crippen LogP contribution in [0.2, 0.25) is 0 Å². The van der Waals surface area contributed by atoms with E-state index in [0.29, 0.717) is 18.0 Å². The molecule has 1 aliphatic heterocycles. The van der Waals surface area contributed by atoms with Gasteiger partial charge in [0.25, 0.3) is 5.91 Å². The number of anilines is 1. The average Bonchev–Trinajstić information content (AvgIpc) is 3.09. The lowest BCUT2D eigenvalue weighted by Crippen LogP contribution is -2.51. The van der Waals surface area contributed by atoms with Gasteiger partial charge in [-0.1, -0.05) is 66.2 Å². The molecule has 1 N–H and O–H groups in total. The number of benzene rings is 3. The number of nitrogens with zero attached hydrogens (tertiary/aromatic N) is 2. The molecule has 0 bridgehead atoms. The van der Waals surface area contributed by atoms with Crippen LogP contribution < -0.4 is 10.2 Å². The standard InChI is InChI=1S/C27H28BrN3O3/c1-17(2)14-29-26(33)18(3)30(15-19-10-12-21(28)13-11-19)24(32)16-31-23-9-5-7-20-6-4-8-22(25(20)23)27(31)34/h4-13,17-18H,14-16H2,1-3H3,(H,29,33)/t18-/m1/s1. The van der Waals surface area contributed by atoms with Crippen molar-refractivity contribution in [2.24, 2.45) is 5.92 Å². The van der Waals surface area contributed by atoms with Crippen LogP contribution in [0, 0.1) is 5.92 Å². The summed E-state index contributed by atoms with van der Waals surface area (Å²) in [6, 6.07) is 18.3. The molecule has 0 radical (unpaired) electrons. The molecule has 0 aromatic heterocycles. The average molecular weight is 522 g/mol. The summed E-state index contributed by atoms with van der Waals surface area (Å²) >= 11 is 3.43. The second kappa shape index (κ2) is 9.97. The van der Waals surface area contributed by atoms with Crippen molar-refractivity contribution in [2.75, 3.05) is 18.0 Å². The molecule has 0 fully saturated rings. The predicted molar refractivity (Wildman–Crippen MR) is 138 cm³/mol. The molecule has 0 saturated carbocycles. The molecule has 4 rings (SSSR count). The minimum absolute atomic E-state index is 0.134. The first kappa shape index (κ1) is 24.0. The number of hydrogen-bond acceptors (Lipinski definition) is 3. The molecule has 0 saturated heterocycles. The van der Waals surface area contributed by atoms with E-state index in [1.54, 1.807) is 17.9 Å². The Morgan fingerprint density at radius 3 is 2.35 bits per heavy atom. The summed E-state index contributed by atoms with van der Waals surface area (Å²) in [5, 5.41) is 4.75. The Labute approximate surface area is 208 Å². The molecule has 1 aliphatic rings. The summed E-state index contributed by atoms with van der Waals surface area (Å²) < 4.78 is 0.936. The van der Waals surface area contributed by atoms with Gasteiger partial charge < -0.3 is 10.2 Å². The van der Waals surface area contributed by atoms with Crippen LogP contribution in [-0.4, -0.2) is 41.8 Å². The minimum Gasteiger partial charge on any atom is -0.354 e. The molecular weight excluding hydrogens is 494 g/mol. The third kappa shape index (κ3) is 4.85. The maximum atomic E-state index is 13.6.